The predicted octanol–water partition coefficient (Wildman–Crippen LogP) is 2.74. The summed E-state index contributed by atoms with van der Waals surface area (Å²) >= 11 is 0. The molecule has 1 saturated carbocycles. The molecular weight excluding hydrogens is 306 g/mol. The standard InChI is InChI=1S/C18H27N3O3/c1-4-13(5-2)21-11(3)14(8-19-21)17(22)20-9-15(12-6-7-12)16(10-20)18(23)24/h8,12-13,15-16H,4-7,9-10H2,1-3H3,(H,23,24)/t15-,16+/m1/s1. The van der Waals surface area contributed by atoms with E-state index in [1.54, 1.807) is 11.1 Å². The van der Waals surface area contributed by atoms with Crippen LogP contribution < -0.4 is 0 Å². The van der Waals surface area contributed by atoms with Crippen molar-refractivity contribution >= 4 is 11.9 Å². The van der Waals surface area contributed by atoms with Crippen molar-refractivity contribution in [2.24, 2.45) is 17.8 Å². The maximum absolute atomic E-state index is 12.9. The van der Waals surface area contributed by atoms with E-state index in [0.29, 0.717) is 30.6 Å². The summed E-state index contributed by atoms with van der Waals surface area (Å²) < 4.78 is 1.94. The Labute approximate surface area is 142 Å². The first-order valence-corrected chi connectivity index (χ1v) is 9.04. The van der Waals surface area contributed by atoms with Crippen molar-refractivity contribution < 1.29 is 14.7 Å². The molecule has 0 radical (unpaired) electrons. The number of carboxylic acids is 1. The Morgan fingerprint density at radius 1 is 1.29 bits per heavy atom. The molecule has 3 rings (SSSR count). The van der Waals surface area contributed by atoms with Gasteiger partial charge in [0.05, 0.1) is 23.7 Å². The lowest BCUT2D eigenvalue weighted by Crippen LogP contribution is -2.30. The lowest BCUT2D eigenvalue weighted by Gasteiger charge is -2.18. The molecule has 2 heterocycles. The van der Waals surface area contributed by atoms with Gasteiger partial charge in [0, 0.05) is 18.8 Å². The van der Waals surface area contributed by atoms with Gasteiger partial charge in [-0.15, -0.1) is 0 Å². The molecule has 132 valence electrons. The predicted molar refractivity (Wildman–Crippen MR) is 89.8 cm³/mol. The van der Waals surface area contributed by atoms with E-state index in [4.69, 9.17) is 0 Å². The van der Waals surface area contributed by atoms with E-state index in [1.807, 2.05) is 11.6 Å². The second-order valence-electron chi connectivity index (χ2n) is 7.21. The van der Waals surface area contributed by atoms with Gasteiger partial charge < -0.3 is 10.0 Å². The van der Waals surface area contributed by atoms with Crippen molar-refractivity contribution in [1.29, 1.82) is 0 Å². The van der Waals surface area contributed by atoms with Crippen LogP contribution in [0.3, 0.4) is 0 Å². The third kappa shape index (κ3) is 2.94. The summed E-state index contributed by atoms with van der Waals surface area (Å²) in [4.78, 5) is 26.2. The summed E-state index contributed by atoms with van der Waals surface area (Å²) in [5.41, 5.74) is 1.50. The smallest absolute Gasteiger partial charge is 0.308 e. The molecular formula is C18H27N3O3. The Morgan fingerprint density at radius 2 is 1.96 bits per heavy atom. The van der Waals surface area contributed by atoms with E-state index in [0.717, 1.165) is 31.4 Å². The van der Waals surface area contributed by atoms with Crippen molar-refractivity contribution in [2.75, 3.05) is 13.1 Å². The fourth-order valence-corrected chi connectivity index (χ4v) is 4.06. The summed E-state index contributed by atoms with van der Waals surface area (Å²) in [6.07, 6.45) is 5.79. The van der Waals surface area contributed by atoms with Crippen LogP contribution in [0.5, 0.6) is 0 Å². The zero-order chi connectivity index (χ0) is 17.4. The zero-order valence-corrected chi connectivity index (χ0v) is 14.7. The van der Waals surface area contributed by atoms with Gasteiger partial charge in [-0.05, 0) is 44.4 Å². The van der Waals surface area contributed by atoms with E-state index in [-0.39, 0.29) is 11.8 Å². The molecule has 0 bridgehead atoms. The topological polar surface area (TPSA) is 75.4 Å². The van der Waals surface area contributed by atoms with Crippen molar-refractivity contribution in [2.45, 2.75) is 52.5 Å². The molecule has 0 unspecified atom stereocenters. The highest BCUT2D eigenvalue weighted by atomic mass is 16.4. The lowest BCUT2D eigenvalue weighted by atomic mass is 9.92. The normalized spacial score (nSPS) is 23.9. The van der Waals surface area contributed by atoms with Gasteiger partial charge in [0.1, 0.15) is 0 Å². The average molecular weight is 333 g/mol. The number of carbonyl (C=O) groups excluding carboxylic acids is 1. The van der Waals surface area contributed by atoms with Crippen molar-refractivity contribution in [1.82, 2.24) is 14.7 Å². The third-order valence-corrected chi connectivity index (χ3v) is 5.76. The molecule has 2 fully saturated rings. The molecule has 2 atom stereocenters. The molecule has 1 aromatic heterocycles. The quantitative estimate of drug-likeness (QED) is 0.868. The maximum Gasteiger partial charge on any atom is 0.308 e. The Hall–Kier alpha value is -1.85. The number of amides is 1. The first kappa shape index (κ1) is 17.0. The molecule has 0 aromatic carbocycles. The van der Waals surface area contributed by atoms with Gasteiger partial charge in [0.15, 0.2) is 0 Å². The minimum atomic E-state index is -0.772. The molecule has 1 N–H and O–H groups in total. The summed E-state index contributed by atoms with van der Waals surface area (Å²) in [6.45, 7) is 7.06. The van der Waals surface area contributed by atoms with Crippen LogP contribution in [0.1, 0.15) is 61.6 Å². The molecule has 1 aromatic rings. The molecule has 0 spiro atoms. The van der Waals surface area contributed by atoms with Crippen LogP contribution in [-0.2, 0) is 4.79 Å². The van der Waals surface area contributed by atoms with Crippen molar-refractivity contribution in [3.05, 3.63) is 17.5 Å². The Bertz CT molecular complexity index is 631. The molecule has 6 nitrogen and oxygen atoms in total. The van der Waals surface area contributed by atoms with Gasteiger partial charge in [-0.1, -0.05) is 13.8 Å². The van der Waals surface area contributed by atoms with Gasteiger partial charge in [-0.2, -0.15) is 5.10 Å². The van der Waals surface area contributed by atoms with Crippen molar-refractivity contribution in [3.8, 4) is 0 Å². The van der Waals surface area contributed by atoms with E-state index in [9.17, 15) is 14.7 Å². The van der Waals surface area contributed by atoms with Crippen LogP contribution >= 0.6 is 0 Å². The maximum atomic E-state index is 12.9. The lowest BCUT2D eigenvalue weighted by molar-refractivity contribution is -0.142. The fraction of sp³-hybridized carbons (Fsp3) is 0.722. The Balaban J connectivity index is 1.78. The largest absolute Gasteiger partial charge is 0.481 e. The number of aliphatic carboxylic acids is 1. The van der Waals surface area contributed by atoms with E-state index < -0.39 is 11.9 Å². The fourth-order valence-electron chi connectivity index (χ4n) is 4.06. The molecule has 1 aliphatic carbocycles. The summed E-state index contributed by atoms with van der Waals surface area (Å²) in [7, 11) is 0. The number of rotatable bonds is 6. The summed E-state index contributed by atoms with van der Waals surface area (Å²) in [5, 5.41) is 13.9. The molecule has 6 heteroatoms. The Morgan fingerprint density at radius 3 is 2.50 bits per heavy atom. The van der Waals surface area contributed by atoms with Crippen LogP contribution in [0, 0.1) is 24.7 Å². The van der Waals surface area contributed by atoms with Crippen LogP contribution in [-0.4, -0.2) is 44.8 Å². The number of carboxylic acid groups (broad SMARTS) is 1. The number of hydrogen-bond acceptors (Lipinski definition) is 3. The molecule has 1 amide bonds. The second-order valence-corrected chi connectivity index (χ2v) is 7.21. The minimum absolute atomic E-state index is 0.0703. The molecule has 1 saturated heterocycles. The first-order valence-electron chi connectivity index (χ1n) is 9.04. The van der Waals surface area contributed by atoms with Crippen molar-refractivity contribution in [3.63, 3.8) is 0 Å². The highest BCUT2D eigenvalue weighted by molar-refractivity contribution is 5.95. The van der Waals surface area contributed by atoms with Crippen LogP contribution in [0.2, 0.25) is 0 Å². The number of hydrogen-bond donors (Lipinski definition) is 1. The van der Waals surface area contributed by atoms with E-state index >= 15 is 0 Å². The van der Waals surface area contributed by atoms with Gasteiger partial charge in [0.25, 0.3) is 5.91 Å². The second kappa shape index (κ2) is 6.57. The van der Waals surface area contributed by atoms with Gasteiger partial charge >= 0.3 is 5.97 Å². The number of nitrogens with zero attached hydrogens (tertiary/aromatic N) is 3. The molecule has 1 aliphatic heterocycles. The number of carbonyl (C=O) groups is 2. The number of aromatic nitrogens is 2. The monoisotopic (exact) mass is 333 g/mol. The van der Waals surface area contributed by atoms with Gasteiger partial charge in [-0.25, -0.2) is 0 Å². The Kier molecular flexibility index (Phi) is 4.65. The SMILES string of the molecule is CCC(CC)n1ncc(C(=O)N2C[C@H](C(=O)O)[C@@H](C3CC3)C2)c1C. The van der Waals surface area contributed by atoms with Crippen LogP contribution in [0.25, 0.3) is 0 Å². The average Bonchev–Trinajstić information content (AvgIpc) is 3.20. The first-order chi connectivity index (χ1) is 11.5. The van der Waals surface area contributed by atoms with Gasteiger partial charge in [-0.3, -0.25) is 14.3 Å². The third-order valence-electron chi connectivity index (χ3n) is 5.76. The summed E-state index contributed by atoms with van der Waals surface area (Å²) in [6, 6.07) is 0.302. The molecule has 2 aliphatic rings. The van der Waals surface area contributed by atoms with Gasteiger partial charge in [0.2, 0.25) is 0 Å². The minimum Gasteiger partial charge on any atom is -0.481 e. The zero-order valence-electron chi connectivity index (χ0n) is 14.7. The highest BCUT2D eigenvalue weighted by Gasteiger charge is 2.47. The highest BCUT2D eigenvalue weighted by Crippen LogP contribution is 2.44. The van der Waals surface area contributed by atoms with E-state index in [1.165, 1.54) is 0 Å². The van der Waals surface area contributed by atoms with Crippen LogP contribution in [0.4, 0.5) is 0 Å². The van der Waals surface area contributed by atoms with Crippen LogP contribution in [0.15, 0.2) is 6.20 Å². The number of likely N-dealkylation sites (tertiary alicyclic amines) is 1. The van der Waals surface area contributed by atoms with E-state index in [2.05, 4.69) is 18.9 Å². The molecule has 24 heavy (non-hydrogen) atoms. The summed E-state index contributed by atoms with van der Waals surface area (Å²) in [5.74, 6) is -0.667.